The highest BCUT2D eigenvalue weighted by Crippen LogP contribution is 2.23. The van der Waals surface area contributed by atoms with E-state index in [4.69, 9.17) is 0 Å². The van der Waals surface area contributed by atoms with Gasteiger partial charge in [0.2, 0.25) is 0 Å². The van der Waals surface area contributed by atoms with E-state index in [0.717, 1.165) is 23.3 Å². The van der Waals surface area contributed by atoms with Crippen molar-refractivity contribution in [2.75, 3.05) is 24.9 Å². The van der Waals surface area contributed by atoms with Gasteiger partial charge in [0.1, 0.15) is 0 Å². The van der Waals surface area contributed by atoms with Crippen molar-refractivity contribution in [1.82, 2.24) is 0 Å². The van der Waals surface area contributed by atoms with Gasteiger partial charge < -0.3 is 0 Å². The highest BCUT2D eigenvalue weighted by molar-refractivity contribution is 8.75. The van der Waals surface area contributed by atoms with Crippen molar-refractivity contribution in [1.29, 1.82) is 0 Å². The lowest BCUT2D eigenvalue weighted by molar-refractivity contribution is 0.345. The van der Waals surface area contributed by atoms with E-state index in [-0.39, 0.29) is 6.61 Å². The van der Waals surface area contributed by atoms with E-state index in [9.17, 15) is 16.8 Å². The Morgan fingerprint density at radius 3 is 2.07 bits per heavy atom. The van der Waals surface area contributed by atoms with Crippen LogP contribution in [0.15, 0.2) is 0 Å². The van der Waals surface area contributed by atoms with Crippen LogP contribution in [0.5, 0.6) is 0 Å². The summed E-state index contributed by atoms with van der Waals surface area (Å²) in [5, 5.41) is 0. The fourth-order valence-electron chi connectivity index (χ4n) is 0.324. The zero-order valence-electron chi connectivity index (χ0n) is 7.50. The van der Waals surface area contributed by atoms with Crippen molar-refractivity contribution >= 4 is 42.1 Å². The molecule has 0 aliphatic heterocycles. The van der Waals surface area contributed by atoms with Crippen LogP contribution in [-0.2, 0) is 28.0 Å². The molecule has 0 radical (unpaired) electrons. The summed E-state index contributed by atoms with van der Waals surface area (Å²) in [6, 6.07) is 0. The molecule has 0 aromatic heterocycles. The summed E-state index contributed by atoms with van der Waals surface area (Å²) in [6.45, 7) is -0.0103. The molecule has 0 aliphatic carbocycles. The highest BCUT2D eigenvalue weighted by atomic mass is 33.1. The topological polar surface area (TPSA) is 86.7 Å². The molecule has 0 spiro atoms. The summed E-state index contributed by atoms with van der Waals surface area (Å²) in [4.78, 5) is 0. The van der Waals surface area contributed by atoms with Gasteiger partial charge in [0.05, 0.1) is 30.2 Å². The molecule has 0 aromatic carbocycles. The molecular weight excluding hydrogens is 272 g/mol. The summed E-state index contributed by atoms with van der Waals surface area (Å²) in [5.74, 6) is 0.313. The molecule has 0 heterocycles. The molecule has 14 heavy (non-hydrogen) atoms. The van der Waals surface area contributed by atoms with Gasteiger partial charge in [-0.1, -0.05) is 10.8 Å². The number of hydrogen-bond acceptors (Lipinski definition) is 8. The van der Waals surface area contributed by atoms with Gasteiger partial charge in [-0.05, 0) is 0 Å². The van der Waals surface area contributed by atoms with Crippen LogP contribution in [0.25, 0.3) is 0 Å². The van der Waals surface area contributed by atoms with E-state index >= 15 is 0 Å². The van der Waals surface area contributed by atoms with Crippen LogP contribution in [0.1, 0.15) is 0 Å². The molecule has 6 nitrogen and oxygen atoms in total. The normalized spacial score (nSPS) is 13.0. The van der Waals surface area contributed by atoms with Gasteiger partial charge in [-0.15, -0.1) is 0 Å². The standard InChI is InChI=1S/C4H10O6S4/c1-13(5,6)9-3-4-11-12-10-14(2,7)8/h3-4H2,1-2H3. The molecule has 0 N–H and O–H groups in total. The quantitative estimate of drug-likeness (QED) is 0.284. The molecule has 0 atom stereocenters. The Kier molecular flexibility index (Phi) is 6.41. The van der Waals surface area contributed by atoms with Crippen molar-refractivity contribution in [3.63, 3.8) is 0 Å². The molecule has 0 aromatic rings. The second-order valence-corrected chi connectivity index (χ2v) is 7.68. The SMILES string of the molecule is CS(=O)(=O)OCCSSOS(C)(=O)=O. The van der Waals surface area contributed by atoms with Gasteiger partial charge in [0, 0.05) is 5.75 Å². The molecule has 0 bridgehead atoms. The molecular formula is C4H10O6S4. The zero-order chi connectivity index (χ0) is 11.2. The average molecular weight is 282 g/mol. The first kappa shape index (κ1) is 14.5. The van der Waals surface area contributed by atoms with Gasteiger partial charge >= 0.3 is 0 Å². The van der Waals surface area contributed by atoms with Crippen molar-refractivity contribution in [3.8, 4) is 0 Å². The van der Waals surface area contributed by atoms with E-state index in [2.05, 4.69) is 7.81 Å². The fourth-order valence-corrected chi connectivity index (χ4v) is 3.27. The second-order valence-electron chi connectivity index (χ2n) is 2.19. The van der Waals surface area contributed by atoms with Crippen LogP contribution in [-0.4, -0.2) is 41.7 Å². The summed E-state index contributed by atoms with van der Waals surface area (Å²) in [6.07, 6.45) is 1.87. The predicted molar refractivity (Wildman–Crippen MR) is 56.8 cm³/mol. The molecule has 0 rings (SSSR count). The Labute approximate surface area is 91.6 Å². The van der Waals surface area contributed by atoms with Crippen LogP contribution in [0.2, 0.25) is 0 Å². The van der Waals surface area contributed by atoms with Crippen molar-refractivity contribution in [3.05, 3.63) is 0 Å². The van der Waals surface area contributed by atoms with E-state index in [1.165, 1.54) is 0 Å². The van der Waals surface area contributed by atoms with Crippen LogP contribution >= 0.6 is 21.9 Å². The minimum atomic E-state index is -3.46. The first-order valence-corrected chi connectivity index (χ1v) is 9.10. The number of rotatable bonds is 7. The van der Waals surface area contributed by atoms with E-state index < -0.39 is 20.2 Å². The lowest BCUT2D eigenvalue weighted by atomic mass is 10.9. The average Bonchev–Trinajstić information content (AvgIpc) is 1.92. The Morgan fingerprint density at radius 1 is 1.07 bits per heavy atom. The molecule has 0 saturated heterocycles. The Hall–Kier alpha value is 0.520. The fraction of sp³-hybridized carbons (Fsp3) is 1.00. The molecule has 10 heteroatoms. The third kappa shape index (κ3) is 12.5. The van der Waals surface area contributed by atoms with E-state index in [0.29, 0.717) is 16.8 Å². The Balaban J connectivity index is 3.41. The molecule has 0 amide bonds. The third-order valence-electron chi connectivity index (χ3n) is 0.664. The van der Waals surface area contributed by atoms with Crippen LogP contribution in [0.3, 0.4) is 0 Å². The predicted octanol–water partition coefficient (Wildman–Crippen LogP) is 0.235. The Morgan fingerprint density at radius 2 is 1.64 bits per heavy atom. The lowest BCUT2D eigenvalue weighted by Crippen LogP contribution is -2.05. The first-order valence-electron chi connectivity index (χ1n) is 3.23. The maximum atomic E-state index is 10.5. The third-order valence-corrected chi connectivity index (χ3v) is 4.19. The van der Waals surface area contributed by atoms with Crippen LogP contribution in [0.4, 0.5) is 0 Å². The number of hydrogen-bond donors (Lipinski definition) is 0. The maximum Gasteiger partial charge on any atom is 0.275 e. The van der Waals surface area contributed by atoms with Gasteiger partial charge in [-0.2, -0.15) is 20.5 Å². The van der Waals surface area contributed by atoms with E-state index in [1.807, 2.05) is 0 Å². The van der Waals surface area contributed by atoms with Crippen molar-refractivity contribution < 1.29 is 24.6 Å². The van der Waals surface area contributed by atoms with Gasteiger partial charge in [0.15, 0.2) is 0 Å². The van der Waals surface area contributed by atoms with Gasteiger partial charge in [-0.25, -0.2) is 0 Å². The van der Waals surface area contributed by atoms with E-state index in [1.54, 1.807) is 0 Å². The minimum Gasteiger partial charge on any atom is -0.269 e. The second kappa shape index (κ2) is 6.18. The minimum absolute atomic E-state index is 0.0103. The van der Waals surface area contributed by atoms with Gasteiger partial charge in [0.25, 0.3) is 20.2 Å². The first-order chi connectivity index (χ1) is 6.21. The van der Waals surface area contributed by atoms with Crippen LogP contribution < -0.4 is 0 Å². The lowest BCUT2D eigenvalue weighted by Gasteiger charge is -2.00. The molecule has 0 saturated carbocycles. The molecule has 0 unspecified atom stereocenters. The van der Waals surface area contributed by atoms with Gasteiger partial charge in [-0.3, -0.25) is 4.18 Å². The summed E-state index contributed by atoms with van der Waals surface area (Å²) < 4.78 is 50.5. The monoisotopic (exact) mass is 282 g/mol. The highest BCUT2D eigenvalue weighted by Gasteiger charge is 2.04. The maximum absolute atomic E-state index is 10.5. The molecule has 0 fully saturated rings. The summed E-state index contributed by atoms with van der Waals surface area (Å²) in [7, 11) is -5.83. The van der Waals surface area contributed by atoms with Crippen LogP contribution in [0, 0.1) is 0 Å². The molecule has 86 valence electrons. The Bertz CT molecular complexity index is 306. The smallest absolute Gasteiger partial charge is 0.269 e. The summed E-state index contributed by atoms with van der Waals surface area (Å²) in [5.41, 5.74) is 0. The largest absolute Gasteiger partial charge is 0.275 e. The summed E-state index contributed by atoms with van der Waals surface area (Å²) >= 11 is 0.665. The van der Waals surface area contributed by atoms with Crippen molar-refractivity contribution in [2.24, 2.45) is 0 Å². The van der Waals surface area contributed by atoms with Crippen molar-refractivity contribution in [2.45, 2.75) is 0 Å². The zero-order valence-corrected chi connectivity index (χ0v) is 10.8. The molecule has 0 aliphatic rings.